The first-order chi connectivity index (χ1) is 7.49. The number of rotatable bonds is 1. The zero-order chi connectivity index (χ0) is 11.9. The summed E-state index contributed by atoms with van der Waals surface area (Å²) in [5.41, 5.74) is 5.40. The molecule has 2 heterocycles. The summed E-state index contributed by atoms with van der Waals surface area (Å²) in [6, 6.07) is 4.10. The predicted octanol–water partition coefficient (Wildman–Crippen LogP) is 3.07. The summed E-state index contributed by atoms with van der Waals surface area (Å²) in [4.78, 5) is 4.61. The minimum absolute atomic E-state index is 0.787. The van der Waals surface area contributed by atoms with Crippen LogP contribution in [0.5, 0.6) is 0 Å². The first kappa shape index (κ1) is 11.1. The number of hydrogen-bond acceptors (Lipinski definition) is 2. The molecule has 0 aromatic carbocycles. The second kappa shape index (κ2) is 3.87. The summed E-state index contributed by atoms with van der Waals surface area (Å²) >= 11 is 5.18. The molecule has 1 N–H and O–H groups in total. The summed E-state index contributed by atoms with van der Waals surface area (Å²) < 4.78 is 2.61. The van der Waals surface area contributed by atoms with Gasteiger partial charge in [0, 0.05) is 18.8 Å². The second-order valence-corrected chi connectivity index (χ2v) is 4.54. The van der Waals surface area contributed by atoms with Crippen molar-refractivity contribution in [2.45, 2.75) is 20.8 Å². The molecule has 2 aromatic heterocycles. The zero-order valence-electron chi connectivity index (χ0n) is 9.96. The van der Waals surface area contributed by atoms with E-state index in [-0.39, 0.29) is 0 Å². The quantitative estimate of drug-likeness (QED) is 0.768. The molecule has 0 atom stereocenters. The molecule has 0 saturated carbocycles. The van der Waals surface area contributed by atoms with Gasteiger partial charge in [-0.25, -0.2) is 0 Å². The molecule has 16 heavy (non-hydrogen) atoms. The first-order valence-electron chi connectivity index (χ1n) is 5.20. The van der Waals surface area contributed by atoms with Crippen LogP contribution in [0.3, 0.4) is 0 Å². The fraction of sp³-hybridized carbons (Fsp3) is 0.333. The Morgan fingerprint density at radius 1 is 1.19 bits per heavy atom. The van der Waals surface area contributed by atoms with E-state index in [0.29, 0.717) is 0 Å². The van der Waals surface area contributed by atoms with Gasteiger partial charge in [-0.1, -0.05) is 18.3 Å². The Morgan fingerprint density at radius 3 is 2.44 bits per heavy atom. The van der Waals surface area contributed by atoms with E-state index < -0.39 is 0 Å². The number of H-pyrrole nitrogens is 1. The Morgan fingerprint density at radius 2 is 1.88 bits per heavy atom. The molecule has 84 valence electrons. The van der Waals surface area contributed by atoms with Gasteiger partial charge in [0.15, 0.2) is 0 Å². The first-order valence-corrected chi connectivity index (χ1v) is 5.61. The van der Waals surface area contributed by atoms with Crippen LogP contribution in [-0.2, 0) is 7.05 Å². The van der Waals surface area contributed by atoms with E-state index >= 15 is 0 Å². The number of aryl methyl sites for hydroxylation is 4. The van der Waals surface area contributed by atoms with Crippen LogP contribution < -0.4 is 0 Å². The molecule has 0 aliphatic heterocycles. The Kier molecular flexibility index (Phi) is 2.68. The minimum atomic E-state index is 0.787. The lowest BCUT2D eigenvalue weighted by molar-refractivity contribution is 0.759. The van der Waals surface area contributed by atoms with Gasteiger partial charge in [-0.15, -0.1) is 0 Å². The number of aromatic nitrogens is 3. The maximum absolute atomic E-state index is 5.18. The molecule has 2 aromatic rings. The van der Waals surface area contributed by atoms with E-state index in [4.69, 9.17) is 12.2 Å². The highest BCUT2D eigenvalue weighted by Crippen LogP contribution is 2.21. The maximum Gasteiger partial charge on any atom is 0.122 e. The standard InChI is InChI=1S/C12H15N3S/c1-7-5-8(2)12(13-9(7)3)10-6-11(16)15(4)14-10/h5-6,14H,1-4H3. The summed E-state index contributed by atoms with van der Waals surface area (Å²) in [6.45, 7) is 6.17. The minimum Gasteiger partial charge on any atom is -0.296 e. The molecule has 0 unspecified atom stereocenters. The number of hydrogen-bond donors (Lipinski definition) is 1. The monoisotopic (exact) mass is 233 g/mol. The highest BCUT2D eigenvalue weighted by molar-refractivity contribution is 7.71. The van der Waals surface area contributed by atoms with Gasteiger partial charge in [0.2, 0.25) is 0 Å². The van der Waals surface area contributed by atoms with Gasteiger partial charge in [-0.2, -0.15) is 0 Å². The van der Waals surface area contributed by atoms with E-state index in [2.05, 4.69) is 30.0 Å². The van der Waals surface area contributed by atoms with Crippen molar-refractivity contribution in [3.8, 4) is 11.4 Å². The lowest BCUT2D eigenvalue weighted by atomic mass is 10.1. The molecule has 0 saturated heterocycles. The van der Waals surface area contributed by atoms with E-state index in [1.54, 1.807) is 0 Å². The average Bonchev–Trinajstić information content (AvgIpc) is 2.53. The van der Waals surface area contributed by atoms with Crippen molar-refractivity contribution < 1.29 is 0 Å². The Bertz CT molecular complexity index is 593. The van der Waals surface area contributed by atoms with Gasteiger partial charge >= 0.3 is 0 Å². The average molecular weight is 233 g/mol. The molecular formula is C12H15N3S. The third kappa shape index (κ3) is 1.80. The lowest BCUT2D eigenvalue weighted by Crippen LogP contribution is -1.96. The molecule has 0 aliphatic carbocycles. The van der Waals surface area contributed by atoms with Gasteiger partial charge in [0.1, 0.15) is 4.64 Å². The van der Waals surface area contributed by atoms with Crippen LogP contribution in [0.15, 0.2) is 12.1 Å². The Labute approximate surface area is 100 Å². The van der Waals surface area contributed by atoms with Crippen LogP contribution >= 0.6 is 12.2 Å². The summed E-state index contributed by atoms with van der Waals surface area (Å²) in [5, 5.41) is 3.20. The number of nitrogens with zero attached hydrogens (tertiary/aromatic N) is 2. The molecule has 4 heteroatoms. The highest BCUT2D eigenvalue weighted by Gasteiger charge is 2.08. The fourth-order valence-electron chi connectivity index (χ4n) is 1.72. The van der Waals surface area contributed by atoms with Gasteiger partial charge < -0.3 is 0 Å². The van der Waals surface area contributed by atoms with Crippen LogP contribution in [-0.4, -0.2) is 14.8 Å². The number of nitrogens with one attached hydrogen (secondary N) is 1. The number of pyridine rings is 1. The van der Waals surface area contributed by atoms with Crippen LogP contribution in [0.1, 0.15) is 16.8 Å². The summed E-state index contributed by atoms with van der Waals surface area (Å²) in [5.74, 6) is 0. The molecule has 0 bridgehead atoms. The molecule has 0 fully saturated rings. The van der Waals surface area contributed by atoms with Crippen molar-refractivity contribution in [2.75, 3.05) is 0 Å². The topological polar surface area (TPSA) is 33.6 Å². The van der Waals surface area contributed by atoms with Crippen molar-refractivity contribution in [1.82, 2.24) is 14.8 Å². The van der Waals surface area contributed by atoms with Crippen molar-refractivity contribution in [2.24, 2.45) is 7.05 Å². The molecule has 3 nitrogen and oxygen atoms in total. The van der Waals surface area contributed by atoms with Crippen molar-refractivity contribution in [3.05, 3.63) is 33.6 Å². The van der Waals surface area contributed by atoms with Crippen LogP contribution in [0, 0.1) is 25.4 Å². The van der Waals surface area contributed by atoms with Gasteiger partial charge in [-0.05, 0) is 31.9 Å². The molecule has 0 radical (unpaired) electrons. The maximum atomic E-state index is 5.18. The van der Waals surface area contributed by atoms with E-state index in [1.807, 2.05) is 24.7 Å². The Hall–Kier alpha value is -1.42. The van der Waals surface area contributed by atoms with Crippen molar-refractivity contribution in [3.63, 3.8) is 0 Å². The zero-order valence-corrected chi connectivity index (χ0v) is 10.8. The number of aromatic amines is 1. The Balaban J connectivity index is 2.64. The smallest absolute Gasteiger partial charge is 0.122 e. The normalized spacial score (nSPS) is 10.8. The van der Waals surface area contributed by atoms with Crippen LogP contribution in [0.25, 0.3) is 11.4 Å². The van der Waals surface area contributed by atoms with Crippen LogP contribution in [0.4, 0.5) is 0 Å². The third-order valence-electron chi connectivity index (χ3n) is 2.80. The summed E-state index contributed by atoms with van der Waals surface area (Å²) in [6.07, 6.45) is 0. The van der Waals surface area contributed by atoms with Crippen molar-refractivity contribution >= 4 is 12.2 Å². The second-order valence-electron chi connectivity index (χ2n) is 4.12. The summed E-state index contributed by atoms with van der Waals surface area (Å²) in [7, 11) is 1.90. The largest absolute Gasteiger partial charge is 0.296 e. The molecule has 2 rings (SSSR count). The van der Waals surface area contributed by atoms with Crippen molar-refractivity contribution in [1.29, 1.82) is 0 Å². The van der Waals surface area contributed by atoms with Crippen LogP contribution in [0.2, 0.25) is 0 Å². The van der Waals surface area contributed by atoms with E-state index in [9.17, 15) is 0 Å². The predicted molar refractivity (Wildman–Crippen MR) is 68.0 cm³/mol. The molecule has 0 amide bonds. The van der Waals surface area contributed by atoms with Gasteiger partial charge in [0.05, 0.1) is 11.4 Å². The van der Waals surface area contributed by atoms with E-state index in [1.165, 1.54) is 11.1 Å². The van der Waals surface area contributed by atoms with Gasteiger partial charge in [-0.3, -0.25) is 14.8 Å². The lowest BCUT2D eigenvalue weighted by Gasteiger charge is -2.06. The SMILES string of the molecule is Cc1cc(C)c(-c2cc(=S)n(C)[nH]2)nc1C. The van der Waals surface area contributed by atoms with Gasteiger partial charge in [0.25, 0.3) is 0 Å². The molecular weight excluding hydrogens is 218 g/mol. The van der Waals surface area contributed by atoms with E-state index in [0.717, 1.165) is 21.7 Å². The third-order valence-corrected chi connectivity index (χ3v) is 3.19. The highest BCUT2D eigenvalue weighted by atomic mass is 32.1. The fourth-order valence-corrected chi connectivity index (χ4v) is 1.89. The molecule has 0 spiro atoms. The molecule has 0 aliphatic rings.